The van der Waals surface area contributed by atoms with Crippen LogP contribution in [0.5, 0.6) is 5.75 Å². The Morgan fingerprint density at radius 2 is 1.82 bits per heavy atom. The lowest BCUT2D eigenvalue weighted by Crippen LogP contribution is -2.21. The second kappa shape index (κ2) is 6.28. The summed E-state index contributed by atoms with van der Waals surface area (Å²) in [6.07, 6.45) is 0.937. The van der Waals surface area contributed by atoms with E-state index in [4.69, 9.17) is 9.47 Å². The predicted molar refractivity (Wildman–Crippen MR) is 67.3 cm³/mol. The number of benzene rings is 1. The molecule has 0 bridgehead atoms. The number of rotatable bonds is 5. The Kier molecular flexibility index (Phi) is 5.01. The monoisotopic (exact) mass is 236 g/mol. The van der Waals surface area contributed by atoms with Crippen LogP contribution in [-0.4, -0.2) is 19.2 Å². The molecule has 0 amide bonds. The molecule has 3 nitrogen and oxygen atoms in total. The summed E-state index contributed by atoms with van der Waals surface area (Å²) in [5, 5.41) is 0. The Bertz CT molecular complexity index is 356. The van der Waals surface area contributed by atoms with Gasteiger partial charge >= 0.3 is 5.97 Å². The topological polar surface area (TPSA) is 35.5 Å². The fourth-order valence-corrected chi connectivity index (χ4v) is 1.41. The quantitative estimate of drug-likeness (QED) is 0.736. The van der Waals surface area contributed by atoms with Crippen molar-refractivity contribution in [2.75, 3.05) is 7.11 Å². The number of hydrogen-bond acceptors (Lipinski definition) is 3. The first kappa shape index (κ1) is 13.6. The number of carbonyl (C=O) groups excluding carboxylic acids is 1. The highest BCUT2D eigenvalue weighted by molar-refractivity contribution is 5.89. The average Bonchev–Trinajstić information content (AvgIpc) is 2.37. The van der Waals surface area contributed by atoms with Crippen molar-refractivity contribution in [3.63, 3.8) is 0 Å². The van der Waals surface area contributed by atoms with Gasteiger partial charge in [-0.1, -0.05) is 20.3 Å². The van der Waals surface area contributed by atoms with Gasteiger partial charge in [0.25, 0.3) is 0 Å². The molecule has 0 fully saturated rings. The van der Waals surface area contributed by atoms with Crippen LogP contribution in [0.4, 0.5) is 0 Å². The van der Waals surface area contributed by atoms with E-state index in [0.717, 1.165) is 12.2 Å². The molecule has 1 aromatic carbocycles. The smallest absolute Gasteiger partial charge is 0.338 e. The molecule has 0 saturated carbocycles. The van der Waals surface area contributed by atoms with Gasteiger partial charge in [0.05, 0.1) is 12.7 Å². The van der Waals surface area contributed by atoms with Crippen LogP contribution in [0.1, 0.15) is 37.6 Å². The third-order valence-electron chi connectivity index (χ3n) is 3.06. The van der Waals surface area contributed by atoms with E-state index >= 15 is 0 Å². The number of esters is 1. The van der Waals surface area contributed by atoms with Crippen LogP contribution in [0.3, 0.4) is 0 Å². The van der Waals surface area contributed by atoms with Gasteiger partial charge in [-0.25, -0.2) is 4.79 Å². The summed E-state index contributed by atoms with van der Waals surface area (Å²) in [5.41, 5.74) is 0.556. The maximum Gasteiger partial charge on any atom is 0.338 e. The minimum Gasteiger partial charge on any atom is -0.497 e. The zero-order valence-electron chi connectivity index (χ0n) is 10.9. The van der Waals surface area contributed by atoms with Crippen molar-refractivity contribution in [3.05, 3.63) is 29.8 Å². The van der Waals surface area contributed by atoms with Crippen LogP contribution in [0, 0.1) is 5.92 Å². The molecule has 0 N–H and O–H groups in total. The molecule has 94 valence electrons. The molecule has 0 heterocycles. The minimum absolute atomic E-state index is 0.0606. The van der Waals surface area contributed by atoms with Crippen molar-refractivity contribution in [3.8, 4) is 5.75 Å². The summed E-state index contributed by atoms with van der Waals surface area (Å²) < 4.78 is 10.4. The minimum atomic E-state index is -0.277. The maximum atomic E-state index is 11.8. The second-order valence-corrected chi connectivity index (χ2v) is 4.22. The first-order valence-corrected chi connectivity index (χ1v) is 5.93. The molecule has 0 spiro atoms. The molecule has 0 saturated heterocycles. The van der Waals surface area contributed by atoms with Crippen LogP contribution < -0.4 is 4.74 Å². The van der Waals surface area contributed by atoms with Gasteiger partial charge in [0.2, 0.25) is 0 Å². The van der Waals surface area contributed by atoms with Crippen LogP contribution >= 0.6 is 0 Å². The second-order valence-electron chi connectivity index (χ2n) is 4.22. The molecule has 1 rings (SSSR count). The molecule has 3 heteroatoms. The lowest BCUT2D eigenvalue weighted by molar-refractivity contribution is 0.0213. The van der Waals surface area contributed by atoms with E-state index in [0.29, 0.717) is 11.5 Å². The van der Waals surface area contributed by atoms with Crippen LogP contribution in [0.2, 0.25) is 0 Å². The zero-order valence-corrected chi connectivity index (χ0v) is 10.9. The lowest BCUT2D eigenvalue weighted by Gasteiger charge is -2.18. The number of carbonyl (C=O) groups is 1. The SMILES string of the molecule is CCC(C)C(C)OC(=O)c1ccc(OC)cc1. The largest absolute Gasteiger partial charge is 0.497 e. The molecule has 17 heavy (non-hydrogen) atoms. The first-order valence-electron chi connectivity index (χ1n) is 5.93. The summed E-state index contributed by atoms with van der Waals surface area (Å²) in [6.45, 7) is 6.09. The normalized spacial score (nSPS) is 13.9. The first-order chi connectivity index (χ1) is 8.08. The Hall–Kier alpha value is -1.51. The highest BCUT2D eigenvalue weighted by Gasteiger charge is 2.16. The fraction of sp³-hybridized carbons (Fsp3) is 0.500. The van der Waals surface area contributed by atoms with Gasteiger partial charge in [0.1, 0.15) is 11.9 Å². The van der Waals surface area contributed by atoms with E-state index in [9.17, 15) is 4.79 Å². The van der Waals surface area contributed by atoms with Crippen molar-refractivity contribution < 1.29 is 14.3 Å². The van der Waals surface area contributed by atoms with Gasteiger partial charge in [-0.3, -0.25) is 0 Å². The van der Waals surface area contributed by atoms with E-state index in [1.807, 2.05) is 6.92 Å². The highest BCUT2D eigenvalue weighted by Crippen LogP contribution is 2.15. The van der Waals surface area contributed by atoms with E-state index in [2.05, 4.69) is 13.8 Å². The zero-order chi connectivity index (χ0) is 12.8. The molecule has 0 aliphatic heterocycles. The van der Waals surface area contributed by atoms with Crippen LogP contribution in [-0.2, 0) is 4.74 Å². The van der Waals surface area contributed by atoms with Gasteiger partial charge in [-0.15, -0.1) is 0 Å². The van der Waals surface area contributed by atoms with Gasteiger partial charge < -0.3 is 9.47 Å². The maximum absolute atomic E-state index is 11.8. The standard InChI is InChI=1S/C14H20O3/c1-5-10(2)11(3)17-14(15)12-6-8-13(16-4)9-7-12/h6-11H,5H2,1-4H3. The molecule has 2 atom stereocenters. The van der Waals surface area contributed by atoms with Crippen LogP contribution in [0.25, 0.3) is 0 Å². The summed E-state index contributed by atoms with van der Waals surface area (Å²) in [6, 6.07) is 6.93. The predicted octanol–water partition coefficient (Wildman–Crippen LogP) is 3.29. The molecule has 0 aromatic heterocycles. The van der Waals surface area contributed by atoms with Crippen molar-refractivity contribution in [2.45, 2.75) is 33.3 Å². The van der Waals surface area contributed by atoms with Crippen molar-refractivity contribution in [2.24, 2.45) is 5.92 Å². The third-order valence-corrected chi connectivity index (χ3v) is 3.06. The number of methoxy groups -OCH3 is 1. The Balaban J connectivity index is 2.63. The fourth-order valence-electron chi connectivity index (χ4n) is 1.41. The van der Waals surface area contributed by atoms with Gasteiger partial charge in [0, 0.05) is 0 Å². The third kappa shape index (κ3) is 3.77. The van der Waals surface area contributed by atoms with Crippen molar-refractivity contribution in [1.29, 1.82) is 0 Å². The van der Waals surface area contributed by atoms with E-state index in [1.54, 1.807) is 31.4 Å². The molecule has 2 unspecified atom stereocenters. The van der Waals surface area contributed by atoms with Crippen LogP contribution in [0.15, 0.2) is 24.3 Å². The Labute approximate surface area is 103 Å². The van der Waals surface area contributed by atoms with E-state index < -0.39 is 0 Å². The van der Waals surface area contributed by atoms with E-state index in [-0.39, 0.29) is 12.1 Å². The molecule has 0 aliphatic carbocycles. The molecule has 0 aliphatic rings. The molecular formula is C14H20O3. The summed E-state index contributed by atoms with van der Waals surface area (Å²) in [5.74, 6) is 0.828. The molecular weight excluding hydrogens is 216 g/mol. The van der Waals surface area contributed by atoms with Gasteiger partial charge in [-0.2, -0.15) is 0 Å². The highest BCUT2D eigenvalue weighted by atomic mass is 16.5. The van der Waals surface area contributed by atoms with Gasteiger partial charge in [-0.05, 0) is 37.1 Å². The summed E-state index contributed by atoms with van der Waals surface area (Å²) >= 11 is 0. The average molecular weight is 236 g/mol. The lowest BCUT2D eigenvalue weighted by atomic mass is 10.0. The Morgan fingerprint density at radius 3 is 2.29 bits per heavy atom. The van der Waals surface area contributed by atoms with Crippen molar-refractivity contribution in [1.82, 2.24) is 0 Å². The number of hydrogen-bond donors (Lipinski definition) is 0. The molecule has 1 aromatic rings. The molecule has 0 radical (unpaired) electrons. The van der Waals surface area contributed by atoms with Crippen molar-refractivity contribution >= 4 is 5.97 Å². The van der Waals surface area contributed by atoms with Gasteiger partial charge in [0.15, 0.2) is 0 Å². The number of ether oxygens (including phenoxy) is 2. The van der Waals surface area contributed by atoms with E-state index in [1.165, 1.54) is 0 Å². The Morgan fingerprint density at radius 1 is 1.24 bits per heavy atom. The summed E-state index contributed by atoms with van der Waals surface area (Å²) in [4.78, 5) is 11.8. The summed E-state index contributed by atoms with van der Waals surface area (Å²) in [7, 11) is 1.60.